The third-order valence-electron chi connectivity index (χ3n) is 5.70. The van der Waals surface area contributed by atoms with Gasteiger partial charge in [0.2, 0.25) is 12.0 Å². The lowest BCUT2D eigenvalue weighted by atomic mass is 10.2. The lowest BCUT2D eigenvalue weighted by Crippen LogP contribution is -2.57. The highest BCUT2D eigenvalue weighted by atomic mass is 16.6. The van der Waals surface area contributed by atoms with Crippen LogP contribution in [0, 0.1) is 10.1 Å². The van der Waals surface area contributed by atoms with E-state index in [-0.39, 0.29) is 29.8 Å². The van der Waals surface area contributed by atoms with Crippen molar-refractivity contribution in [1.82, 2.24) is 9.80 Å². The van der Waals surface area contributed by atoms with Gasteiger partial charge in [0.25, 0.3) is 11.6 Å². The molecule has 0 bridgehead atoms. The number of benzene rings is 2. The van der Waals surface area contributed by atoms with E-state index in [1.165, 1.54) is 12.1 Å². The molecule has 1 N–H and O–H groups in total. The fourth-order valence-electron chi connectivity index (χ4n) is 3.82. The van der Waals surface area contributed by atoms with Crippen molar-refractivity contribution < 1.29 is 24.0 Å². The molecule has 2 aromatic carbocycles. The fourth-order valence-corrected chi connectivity index (χ4v) is 3.82. The van der Waals surface area contributed by atoms with Crippen molar-refractivity contribution in [2.24, 2.45) is 0 Å². The van der Waals surface area contributed by atoms with Gasteiger partial charge < -0.3 is 19.7 Å². The van der Waals surface area contributed by atoms with Gasteiger partial charge in [-0.1, -0.05) is 24.3 Å². The third kappa shape index (κ3) is 4.50. The SMILES string of the molecule is C[C@H](C(=O)Nc1ccccc1[N+](=O)[O-])N1CCN(C(=O)[C@@H]2COc3ccccc3O2)CC1. The molecule has 0 unspecified atom stereocenters. The van der Waals surface area contributed by atoms with Crippen molar-refractivity contribution >= 4 is 23.2 Å². The van der Waals surface area contributed by atoms with Gasteiger partial charge in [0.1, 0.15) is 12.3 Å². The maximum absolute atomic E-state index is 12.9. The number of fused-ring (bicyclic) bond motifs is 1. The van der Waals surface area contributed by atoms with Crippen LogP contribution in [0.3, 0.4) is 0 Å². The van der Waals surface area contributed by atoms with Crippen molar-refractivity contribution in [3.63, 3.8) is 0 Å². The number of piperazine rings is 1. The molecule has 2 aromatic rings. The summed E-state index contributed by atoms with van der Waals surface area (Å²) in [6.07, 6.45) is -0.698. The number of rotatable bonds is 5. The van der Waals surface area contributed by atoms with Crippen molar-refractivity contribution in [2.45, 2.75) is 19.1 Å². The topological polar surface area (TPSA) is 114 Å². The molecule has 4 rings (SSSR count). The molecule has 168 valence electrons. The van der Waals surface area contributed by atoms with Gasteiger partial charge in [-0.05, 0) is 25.1 Å². The van der Waals surface area contributed by atoms with Gasteiger partial charge in [-0.2, -0.15) is 0 Å². The molecule has 10 heteroatoms. The molecule has 10 nitrogen and oxygen atoms in total. The second-order valence-corrected chi connectivity index (χ2v) is 7.66. The van der Waals surface area contributed by atoms with Gasteiger partial charge >= 0.3 is 0 Å². The number of carbonyl (C=O) groups excluding carboxylic acids is 2. The first-order valence-electron chi connectivity index (χ1n) is 10.4. The molecule has 2 heterocycles. The van der Waals surface area contributed by atoms with Gasteiger partial charge in [0, 0.05) is 32.2 Å². The van der Waals surface area contributed by atoms with Crippen molar-refractivity contribution in [1.29, 1.82) is 0 Å². The molecule has 2 aliphatic rings. The third-order valence-corrected chi connectivity index (χ3v) is 5.70. The van der Waals surface area contributed by atoms with Gasteiger partial charge in [0.15, 0.2) is 11.5 Å². The highest BCUT2D eigenvalue weighted by molar-refractivity contribution is 5.96. The minimum Gasteiger partial charge on any atom is -0.485 e. The minimum absolute atomic E-state index is 0.142. The first kappa shape index (κ1) is 21.6. The Morgan fingerprint density at radius 2 is 1.72 bits per heavy atom. The normalized spacial score (nSPS) is 19.2. The summed E-state index contributed by atoms with van der Waals surface area (Å²) in [5.41, 5.74) is 0.0117. The van der Waals surface area contributed by atoms with Crippen molar-refractivity contribution in [3.8, 4) is 11.5 Å². The summed E-state index contributed by atoms with van der Waals surface area (Å²) < 4.78 is 11.4. The second kappa shape index (κ2) is 9.23. The van der Waals surface area contributed by atoms with E-state index in [0.717, 1.165) is 0 Å². The summed E-state index contributed by atoms with van der Waals surface area (Å²) >= 11 is 0. The summed E-state index contributed by atoms with van der Waals surface area (Å²) in [6, 6.07) is 12.8. The van der Waals surface area contributed by atoms with Crippen LogP contribution in [0.4, 0.5) is 11.4 Å². The predicted octanol–water partition coefficient (Wildman–Crippen LogP) is 1.91. The molecule has 0 saturated carbocycles. The van der Waals surface area contributed by atoms with Gasteiger partial charge in [-0.3, -0.25) is 24.6 Å². The molecule has 2 atom stereocenters. The number of amides is 2. The number of ether oxygens (including phenoxy) is 2. The van der Waals surface area contributed by atoms with E-state index in [4.69, 9.17) is 9.47 Å². The Kier molecular flexibility index (Phi) is 6.22. The molecule has 1 fully saturated rings. The zero-order chi connectivity index (χ0) is 22.7. The van der Waals surface area contributed by atoms with Crippen LogP contribution < -0.4 is 14.8 Å². The number of anilines is 1. The maximum atomic E-state index is 12.9. The van der Waals surface area contributed by atoms with Crippen LogP contribution in [0.5, 0.6) is 11.5 Å². The molecule has 0 aliphatic carbocycles. The number of nitrogens with one attached hydrogen (secondary N) is 1. The van der Waals surface area contributed by atoms with E-state index >= 15 is 0 Å². The van der Waals surface area contributed by atoms with Gasteiger partial charge in [0.05, 0.1) is 11.0 Å². The van der Waals surface area contributed by atoms with Gasteiger partial charge in [-0.25, -0.2) is 0 Å². The van der Waals surface area contributed by atoms with E-state index in [0.29, 0.717) is 37.7 Å². The van der Waals surface area contributed by atoms with Crippen molar-refractivity contribution in [2.75, 3.05) is 38.1 Å². The lowest BCUT2D eigenvalue weighted by molar-refractivity contribution is -0.383. The van der Waals surface area contributed by atoms with Crippen LogP contribution >= 0.6 is 0 Å². The van der Waals surface area contributed by atoms with E-state index in [1.54, 1.807) is 36.1 Å². The summed E-state index contributed by atoms with van der Waals surface area (Å²) in [5, 5.41) is 13.8. The molecule has 0 spiro atoms. The number of nitro groups is 1. The summed E-state index contributed by atoms with van der Waals surface area (Å²) in [6.45, 7) is 3.80. The van der Waals surface area contributed by atoms with Crippen LogP contribution in [0.15, 0.2) is 48.5 Å². The quantitative estimate of drug-likeness (QED) is 0.558. The average Bonchev–Trinajstić information content (AvgIpc) is 2.83. The molecular weight excluding hydrogens is 416 g/mol. The smallest absolute Gasteiger partial charge is 0.292 e. The number of hydrogen-bond donors (Lipinski definition) is 1. The molecule has 0 aromatic heterocycles. The van der Waals surface area contributed by atoms with Crippen LogP contribution in [0.1, 0.15) is 6.92 Å². The maximum Gasteiger partial charge on any atom is 0.292 e. The Morgan fingerprint density at radius 3 is 2.44 bits per heavy atom. The molecule has 1 saturated heterocycles. The Hall–Kier alpha value is -3.66. The van der Waals surface area contributed by atoms with Crippen LogP contribution in [0.25, 0.3) is 0 Å². The molecule has 32 heavy (non-hydrogen) atoms. The van der Waals surface area contributed by atoms with Crippen LogP contribution in [-0.2, 0) is 9.59 Å². The van der Waals surface area contributed by atoms with Gasteiger partial charge in [-0.15, -0.1) is 0 Å². The fraction of sp³-hybridized carbons (Fsp3) is 0.364. The summed E-state index contributed by atoms with van der Waals surface area (Å²) in [5.74, 6) is 0.701. The monoisotopic (exact) mass is 440 g/mol. The van der Waals surface area contributed by atoms with Crippen molar-refractivity contribution in [3.05, 3.63) is 58.6 Å². The highest BCUT2D eigenvalue weighted by Crippen LogP contribution is 2.31. The van der Waals surface area contributed by atoms with E-state index in [9.17, 15) is 19.7 Å². The Balaban J connectivity index is 1.31. The molecule has 2 aliphatic heterocycles. The predicted molar refractivity (Wildman–Crippen MR) is 116 cm³/mol. The molecular formula is C22H24N4O6. The first-order valence-corrected chi connectivity index (χ1v) is 10.4. The Bertz CT molecular complexity index is 1020. The zero-order valence-electron chi connectivity index (χ0n) is 17.6. The lowest BCUT2D eigenvalue weighted by Gasteiger charge is -2.39. The van der Waals surface area contributed by atoms with E-state index in [2.05, 4.69) is 5.32 Å². The number of para-hydroxylation sites is 4. The molecule has 0 radical (unpaired) electrons. The van der Waals surface area contributed by atoms with Crippen LogP contribution in [-0.4, -0.2) is 71.5 Å². The number of hydrogen-bond acceptors (Lipinski definition) is 7. The Morgan fingerprint density at radius 1 is 1.06 bits per heavy atom. The second-order valence-electron chi connectivity index (χ2n) is 7.66. The average molecular weight is 440 g/mol. The van der Waals surface area contributed by atoms with E-state index < -0.39 is 17.1 Å². The zero-order valence-corrected chi connectivity index (χ0v) is 17.6. The highest BCUT2D eigenvalue weighted by Gasteiger charge is 2.34. The summed E-state index contributed by atoms with van der Waals surface area (Å²) in [7, 11) is 0. The number of nitro benzene ring substituents is 1. The first-order chi connectivity index (χ1) is 15.4. The summed E-state index contributed by atoms with van der Waals surface area (Å²) in [4.78, 5) is 39.8. The standard InChI is InChI=1S/C22H24N4O6/c1-15(21(27)23-16-6-2-3-7-17(16)26(29)30)24-10-12-25(13-11-24)22(28)20-14-31-18-8-4-5-9-19(18)32-20/h2-9,15,20H,10-14H2,1H3,(H,23,27)/t15-,20+/m1/s1. The number of carbonyl (C=O) groups is 2. The number of nitrogens with zero attached hydrogens (tertiary/aromatic N) is 3. The minimum atomic E-state index is -0.698. The van der Waals surface area contributed by atoms with E-state index in [1.807, 2.05) is 17.0 Å². The largest absolute Gasteiger partial charge is 0.485 e. The Labute approximate surface area is 184 Å². The molecule has 2 amide bonds. The van der Waals surface area contributed by atoms with Crippen LogP contribution in [0.2, 0.25) is 0 Å².